The highest BCUT2D eigenvalue weighted by molar-refractivity contribution is 5.88. The maximum absolute atomic E-state index is 11.6. The molecular formula is C9H19N5O. The molecule has 1 saturated carbocycles. The minimum absolute atomic E-state index is 0.0171. The zero-order valence-corrected chi connectivity index (χ0v) is 9.21. The summed E-state index contributed by atoms with van der Waals surface area (Å²) in [5.74, 6) is 5.67. The summed E-state index contributed by atoms with van der Waals surface area (Å²) in [6.45, 7) is 4.29. The molecule has 86 valence electrons. The van der Waals surface area contributed by atoms with E-state index in [1.54, 1.807) is 6.92 Å². The number of amides is 1. The third kappa shape index (κ3) is 4.16. The molecule has 5 N–H and O–H groups in total. The Kier molecular flexibility index (Phi) is 4.36. The molecule has 1 aliphatic rings. The van der Waals surface area contributed by atoms with Crippen LogP contribution in [0.1, 0.15) is 26.7 Å². The highest BCUT2D eigenvalue weighted by Gasteiger charge is 2.25. The molecule has 0 aliphatic heterocycles. The Morgan fingerprint density at radius 3 is 2.73 bits per heavy atom. The highest BCUT2D eigenvalue weighted by Crippen LogP contribution is 2.18. The molecule has 0 radical (unpaired) electrons. The van der Waals surface area contributed by atoms with Gasteiger partial charge in [-0.05, 0) is 26.7 Å². The number of carbonyl (C=O) groups excluding carboxylic acids is 1. The topological polar surface area (TPSA) is 91.5 Å². The fraction of sp³-hybridized carbons (Fsp3) is 0.778. The number of guanidine groups is 1. The summed E-state index contributed by atoms with van der Waals surface area (Å²) in [6, 6.07) is 0.0473. The Labute approximate surface area is 89.7 Å². The first-order valence-electron chi connectivity index (χ1n) is 5.25. The summed E-state index contributed by atoms with van der Waals surface area (Å²) in [4.78, 5) is 15.6. The van der Waals surface area contributed by atoms with Crippen LogP contribution in [0, 0.1) is 0 Å². The van der Waals surface area contributed by atoms with Gasteiger partial charge in [-0.1, -0.05) is 0 Å². The molecule has 0 bridgehead atoms. The number of nitrogens with zero attached hydrogens (tertiary/aromatic N) is 1. The van der Waals surface area contributed by atoms with Gasteiger partial charge < -0.3 is 10.6 Å². The first-order chi connectivity index (χ1) is 7.17. The minimum Gasteiger partial charge on any atom is -0.352 e. The van der Waals surface area contributed by atoms with E-state index in [9.17, 15) is 4.79 Å². The lowest BCUT2D eigenvalue weighted by molar-refractivity contribution is -0.122. The molecule has 6 heteroatoms. The summed E-state index contributed by atoms with van der Waals surface area (Å²) in [5.41, 5.74) is 2.42. The second-order valence-electron chi connectivity index (χ2n) is 3.62. The maximum Gasteiger partial charge on any atom is 0.242 e. The van der Waals surface area contributed by atoms with Gasteiger partial charge in [0.15, 0.2) is 0 Å². The van der Waals surface area contributed by atoms with Gasteiger partial charge in [0.25, 0.3) is 0 Å². The minimum atomic E-state index is -0.327. The number of aliphatic imine (C=N–C) groups is 1. The zero-order valence-electron chi connectivity index (χ0n) is 9.21. The standard InChI is InChI=1S/C9H19N5O/c1-3-11-9(14-10)12-6(2)8(15)13-7-4-5-7/h6-7H,3-5,10H2,1-2H3,(H,13,15)(H2,11,12,14). The van der Waals surface area contributed by atoms with Crippen LogP contribution in [0.4, 0.5) is 0 Å². The molecule has 0 spiro atoms. The number of rotatable bonds is 4. The van der Waals surface area contributed by atoms with E-state index < -0.39 is 0 Å². The van der Waals surface area contributed by atoms with Crippen molar-refractivity contribution < 1.29 is 4.79 Å². The van der Waals surface area contributed by atoms with Crippen molar-refractivity contribution in [2.75, 3.05) is 6.54 Å². The van der Waals surface area contributed by atoms with Crippen LogP contribution in [0.25, 0.3) is 0 Å². The fourth-order valence-corrected chi connectivity index (χ4v) is 1.12. The first kappa shape index (κ1) is 11.8. The van der Waals surface area contributed by atoms with Crippen molar-refractivity contribution in [2.24, 2.45) is 10.8 Å². The Hall–Kier alpha value is -1.30. The lowest BCUT2D eigenvalue weighted by Crippen LogP contribution is -2.51. The zero-order chi connectivity index (χ0) is 11.3. The van der Waals surface area contributed by atoms with Crippen molar-refractivity contribution in [3.63, 3.8) is 0 Å². The van der Waals surface area contributed by atoms with E-state index in [-0.39, 0.29) is 11.9 Å². The Morgan fingerprint density at radius 2 is 2.27 bits per heavy atom. The van der Waals surface area contributed by atoms with Crippen molar-refractivity contribution in [1.82, 2.24) is 16.1 Å². The van der Waals surface area contributed by atoms with E-state index in [4.69, 9.17) is 5.84 Å². The highest BCUT2D eigenvalue weighted by atomic mass is 16.2. The predicted octanol–water partition coefficient (Wildman–Crippen LogP) is -0.918. The van der Waals surface area contributed by atoms with Gasteiger partial charge in [0.1, 0.15) is 6.04 Å². The Morgan fingerprint density at radius 1 is 1.60 bits per heavy atom. The Bertz CT molecular complexity index is 249. The van der Waals surface area contributed by atoms with Crippen LogP contribution in [0.3, 0.4) is 0 Å². The van der Waals surface area contributed by atoms with E-state index in [0.29, 0.717) is 18.5 Å². The summed E-state index contributed by atoms with van der Waals surface area (Å²) in [7, 11) is 0. The summed E-state index contributed by atoms with van der Waals surface area (Å²) >= 11 is 0. The van der Waals surface area contributed by atoms with Gasteiger partial charge in [0.2, 0.25) is 11.9 Å². The van der Waals surface area contributed by atoms with E-state index >= 15 is 0 Å². The van der Waals surface area contributed by atoms with Crippen molar-refractivity contribution in [3.8, 4) is 0 Å². The SMILES string of the molecule is CCN=C(NN)NC(C)C(=O)NC1CC1. The molecule has 15 heavy (non-hydrogen) atoms. The summed E-state index contributed by atoms with van der Waals surface area (Å²) in [5, 5.41) is 5.80. The maximum atomic E-state index is 11.6. The van der Waals surface area contributed by atoms with Crippen LogP contribution in [-0.4, -0.2) is 30.5 Å². The molecule has 1 amide bonds. The molecule has 1 fully saturated rings. The molecule has 0 aromatic heterocycles. The number of carbonyl (C=O) groups is 1. The van der Waals surface area contributed by atoms with Gasteiger partial charge in [-0.3, -0.25) is 15.2 Å². The van der Waals surface area contributed by atoms with Crippen LogP contribution in [0.15, 0.2) is 4.99 Å². The first-order valence-corrected chi connectivity index (χ1v) is 5.25. The molecule has 0 saturated heterocycles. The third-order valence-corrected chi connectivity index (χ3v) is 2.12. The summed E-state index contributed by atoms with van der Waals surface area (Å²) in [6.07, 6.45) is 2.17. The van der Waals surface area contributed by atoms with E-state index in [1.165, 1.54) is 0 Å². The molecule has 0 heterocycles. The van der Waals surface area contributed by atoms with Crippen LogP contribution < -0.4 is 21.9 Å². The molecule has 0 aromatic carbocycles. The smallest absolute Gasteiger partial charge is 0.242 e. The molecule has 0 aromatic rings. The fourth-order valence-electron chi connectivity index (χ4n) is 1.12. The summed E-state index contributed by atoms with van der Waals surface area (Å²) < 4.78 is 0. The molecule has 1 rings (SSSR count). The molecular weight excluding hydrogens is 194 g/mol. The number of nitrogens with two attached hydrogens (primary N) is 1. The number of hydrogen-bond acceptors (Lipinski definition) is 3. The molecule has 1 aliphatic carbocycles. The van der Waals surface area contributed by atoms with Crippen LogP contribution >= 0.6 is 0 Å². The monoisotopic (exact) mass is 213 g/mol. The quantitative estimate of drug-likeness (QED) is 0.210. The average Bonchev–Trinajstić information content (AvgIpc) is 3.00. The van der Waals surface area contributed by atoms with Crippen molar-refractivity contribution >= 4 is 11.9 Å². The van der Waals surface area contributed by atoms with Crippen LogP contribution in [0.5, 0.6) is 0 Å². The normalized spacial score (nSPS) is 18.2. The van der Waals surface area contributed by atoms with E-state index in [2.05, 4.69) is 21.1 Å². The van der Waals surface area contributed by atoms with Crippen molar-refractivity contribution in [1.29, 1.82) is 0 Å². The van der Waals surface area contributed by atoms with Gasteiger partial charge in [-0.15, -0.1) is 0 Å². The van der Waals surface area contributed by atoms with Gasteiger partial charge >= 0.3 is 0 Å². The molecule has 6 nitrogen and oxygen atoms in total. The second-order valence-corrected chi connectivity index (χ2v) is 3.62. The predicted molar refractivity (Wildman–Crippen MR) is 59.1 cm³/mol. The average molecular weight is 213 g/mol. The Balaban J connectivity index is 2.34. The van der Waals surface area contributed by atoms with Crippen LogP contribution in [-0.2, 0) is 4.79 Å². The second kappa shape index (κ2) is 5.55. The number of nitrogens with one attached hydrogen (secondary N) is 3. The van der Waals surface area contributed by atoms with Crippen LogP contribution in [0.2, 0.25) is 0 Å². The lowest BCUT2D eigenvalue weighted by Gasteiger charge is -2.15. The van der Waals surface area contributed by atoms with Gasteiger partial charge in [-0.25, -0.2) is 5.84 Å². The molecule has 1 atom stereocenters. The largest absolute Gasteiger partial charge is 0.352 e. The van der Waals surface area contributed by atoms with Gasteiger partial charge in [0.05, 0.1) is 0 Å². The van der Waals surface area contributed by atoms with E-state index in [0.717, 1.165) is 12.8 Å². The number of hydrazine groups is 1. The van der Waals surface area contributed by atoms with Gasteiger partial charge in [-0.2, -0.15) is 0 Å². The third-order valence-electron chi connectivity index (χ3n) is 2.12. The lowest BCUT2D eigenvalue weighted by atomic mass is 10.3. The van der Waals surface area contributed by atoms with Gasteiger partial charge in [0, 0.05) is 12.6 Å². The molecule has 1 unspecified atom stereocenters. The van der Waals surface area contributed by atoms with Crippen molar-refractivity contribution in [2.45, 2.75) is 38.8 Å². The number of hydrogen-bond donors (Lipinski definition) is 4. The van der Waals surface area contributed by atoms with Crippen molar-refractivity contribution in [3.05, 3.63) is 0 Å². The van der Waals surface area contributed by atoms with E-state index in [1.807, 2.05) is 6.92 Å².